The van der Waals surface area contributed by atoms with E-state index >= 15 is 0 Å². The Morgan fingerprint density at radius 3 is 2.88 bits per heavy atom. The molecule has 0 saturated carbocycles. The van der Waals surface area contributed by atoms with E-state index in [2.05, 4.69) is 31.1 Å². The molecule has 0 spiro atoms. The average Bonchev–Trinajstić information content (AvgIpc) is 3.25. The molecule has 0 N–H and O–H groups in total. The fraction of sp³-hybridized carbons (Fsp3) is 0.524. The minimum atomic E-state index is 0.0288. The van der Waals surface area contributed by atoms with Crippen LogP contribution >= 0.6 is 0 Å². The smallest absolute Gasteiger partial charge is 0.272 e. The summed E-state index contributed by atoms with van der Waals surface area (Å²) in [5, 5.41) is 4.50. The highest BCUT2D eigenvalue weighted by Crippen LogP contribution is 2.19. The molecule has 1 aliphatic heterocycles. The largest absolute Gasteiger partial charge is 0.376 e. The van der Waals surface area contributed by atoms with Crippen molar-refractivity contribution in [2.45, 2.75) is 52.2 Å². The minimum absolute atomic E-state index is 0.0288. The molecule has 0 bridgehead atoms. The number of aromatic nitrogens is 2. The molecule has 0 radical (unpaired) electrons. The zero-order chi connectivity index (χ0) is 18.5. The van der Waals surface area contributed by atoms with Gasteiger partial charge in [0.25, 0.3) is 5.91 Å². The van der Waals surface area contributed by atoms with Crippen molar-refractivity contribution in [3.05, 3.63) is 52.8 Å². The van der Waals surface area contributed by atoms with Crippen LogP contribution in [0.2, 0.25) is 0 Å². The number of amides is 1. The van der Waals surface area contributed by atoms with Crippen LogP contribution in [0, 0.1) is 6.92 Å². The van der Waals surface area contributed by atoms with E-state index in [-0.39, 0.29) is 12.0 Å². The van der Waals surface area contributed by atoms with Crippen molar-refractivity contribution in [2.24, 2.45) is 7.05 Å². The lowest BCUT2D eigenvalue weighted by Gasteiger charge is -2.26. The number of ether oxygens (including phenoxy) is 1. The van der Waals surface area contributed by atoms with Crippen molar-refractivity contribution in [3.63, 3.8) is 0 Å². The first-order valence-electron chi connectivity index (χ1n) is 9.56. The van der Waals surface area contributed by atoms with Crippen molar-refractivity contribution in [1.82, 2.24) is 14.7 Å². The van der Waals surface area contributed by atoms with Gasteiger partial charge in [-0.05, 0) is 43.4 Å². The van der Waals surface area contributed by atoms with Crippen LogP contribution < -0.4 is 0 Å². The maximum atomic E-state index is 13.3. The second-order valence-corrected chi connectivity index (χ2v) is 7.14. The van der Waals surface area contributed by atoms with E-state index in [1.165, 1.54) is 11.1 Å². The van der Waals surface area contributed by atoms with Crippen LogP contribution in [-0.4, -0.2) is 39.8 Å². The molecule has 1 aromatic carbocycles. The molecule has 3 rings (SSSR count). The summed E-state index contributed by atoms with van der Waals surface area (Å²) in [4.78, 5) is 15.2. The van der Waals surface area contributed by atoms with Crippen molar-refractivity contribution in [2.75, 3.05) is 13.2 Å². The number of rotatable bonds is 7. The molecule has 0 aliphatic carbocycles. The Labute approximate surface area is 156 Å². The summed E-state index contributed by atoms with van der Waals surface area (Å²) in [7, 11) is 1.85. The summed E-state index contributed by atoms with van der Waals surface area (Å²) in [6, 6.07) is 10.2. The predicted octanol–water partition coefficient (Wildman–Crippen LogP) is 3.50. The number of hydrogen-bond acceptors (Lipinski definition) is 3. The third kappa shape index (κ3) is 4.33. The van der Waals surface area contributed by atoms with Gasteiger partial charge in [-0.25, -0.2) is 0 Å². The first-order valence-corrected chi connectivity index (χ1v) is 9.56. The average molecular weight is 355 g/mol. The number of aryl methyl sites for hydroxylation is 3. The molecule has 2 heterocycles. The van der Waals surface area contributed by atoms with Gasteiger partial charge in [0.05, 0.1) is 11.8 Å². The zero-order valence-corrected chi connectivity index (χ0v) is 16.1. The van der Waals surface area contributed by atoms with Gasteiger partial charge in [0.1, 0.15) is 5.69 Å². The summed E-state index contributed by atoms with van der Waals surface area (Å²) < 4.78 is 7.51. The molecule has 1 aromatic heterocycles. The second-order valence-electron chi connectivity index (χ2n) is 7.14. The van der Waals surface area contributed by atoms with Crippen LogP contribution in [0.25, 0.3) is 0 Å². The Bertz CT molecular complexity index is 747. The Hall–Kier alpha value is -2.14. The third-order valence-corrected chi connectivity index (χ3v) is 5.01. The van der Waals surface area contributed by atoms with E-state index in [4.69, 9.17) is 4.74 Å². The first kappa shape index (κ1) is 18.6. The van der Waals surface area contributed by atoms with Crippen LogP contribution in [-0.2, 0) is 24.8 Å². The number of nitrogens with zero attached hydrogens (tertiary/aromatic N) is 3. The topological polar surface area (TPSA) is 47.4 Å². The van der Waals surface area contributed by atoms with Gasteiger partial charge in [0, 0.05) is 26.7 Å². The molecule has 1 unspecified atom stereocenters. The number of hydrogen-bond donors (Lipinski definition) is 0. The fourth-order valence-electron chi connectivity index (χ4n) is 3.51. The molecule has 5 nitrogen and oxygen atoms in total. The minimum Gasteiger partial charge on any atom is -0.376 e. The maximum Gasteiger partial charge on any atom is 0.272 e. The summed E-state index contributed by atoms with van der Waals surface area (Å²) in [6.45, 7) is 6.23. The molecule has 1 saturated heterocycles. The first-order chi connectivity index (χ1) is 12.6. The van der Waals surface area contributed by atoms with Crippen LogP contribution in [0.3, 0.4) is 0 Å². The van der Waals surface area contributed by atoms with Crippen molar-refractivity contribution in [3.8, 4) is 0 Å². The summed E-state index contributed by atoms with van der Waals surface area (Å²) in [5.41, 5.74) is 4.01. The van der Waals surface area contributed by atoms with E-state index in [0.29, 0.717) is 18.8 Å². The number of carbonyl (C=O) groups is 1. The third-order valence-electron chi connectivity index (χ3n) is 5.01. The Morgan fingerprint density at radius 1 is 1.38 bits per heavy atom. The molecule has 5 heteroatoms. The van der Waals surface area contributed by atoms with E-state index in [9.17, 15) is 4.79 Å². The summed E-state index contributed by atoms with van der Waals surface area (Å²) in [5.74, 6) is 0.0288. The SMILES string of the molecule is CCCc1cc(C(=O)N(Cc2ccccc2C)CC2CCCO2)n(C)n1. The maximum absolute atomic E-state index is 13.3. The van der Waals surface area contributed by atoms with Gasteiger partial charge < -0.3 is 9.64 Å². The zero-order valence-electron chi connectivity index (χ0n) is 16.1. The lowest BCUT2D eigenvalue weighted by Crippen LogP contribution is -2.38. The summed E-state index contributed by atoms with van der Waals surface area (Å²) >= 11 is 0. The molecule has 26 heavy (non-hydrogen) atoms. The van der Waals surface area contributed by atoms with Gasteiger partial charge in [-0.15, -0.1) is 0 Å². The normalized spacial score (nSPS) is 16.8. The van der Waals surface area contributed by atoms with Gasteiger partial charge in [0.15, 0.2) is 0 Å². The second kappa shape index (κ2) is 8.49. The monoisotopic (exact) mass is 355 g/mol. The molecule has 1 aliphatic rings. The van der Waals surface area contributed by atoms with Crippen LogP contribution in [0.4, 0.5) is 0 Å². The lowest BCUT2D eigenvalue weighted by atomic mass is 10.1. The van der Waals surface area contributed by atoms with Crippen molar-refractivity contribution in [1.29, 1.82) is 0 Å². The standard InChI is InChI=1S/C21H29N3O2/c1-4-8-18-13-20(23(3)22-18)21(25)24(15-19-11-7-12-26-19)14-17-10-6-5-9-16(17)2/h5-6,9-10,13,19H,4,7-8,11-12,14-15H2,1-3H3. The molecule has 140 valence electrons. The van der Waals surface area contributed by atoms with Gasteiger partial charge in [-0.3, -0.25) is 9.48 Å². The molecule has 1 fully saturated rings. The highest BCUT2D eigenvalue weighted by molar-refractivity contribution is 5.92. The van der Waals surface area contributed by atoms with Crippen LogP contribution in [0.1, 0.15) is 53.5 Å². The number of carbonyl (C=O) groups excluding carboxylic acids is 1. The predicted molar refractivity (Wildman–Crippen MR) is 102 cm³/mol. The molecule has 1 atom stereocenters. The van der Waals surface area contributed by atoms with E-state index in [1.807, 2.05) is 30.1 Å². The highest BCUT2D eigenvalue weighted by Gasteiger charge is 2.26. The van der Waals surface area contributed by atoms with E-state index < -0.39 is 0 Å². The molecule has 1 amide bonds. The van der Waals surface area contributed by atoms with Crippen molar-refractivity contribution >= 4 is 5.91 Å². The Kier molecular flexibility index (Phi) is 6.09. The summed E-state index contributed by atoms with van der Waals surface area (Å²) in [6.07, 6.45) is 4.14. The quantitative estimate of drug-likeness (QED) is 0.764. The van der Waals surface area contributed by atoms with Crippen LogP contribution in [0.5, 0.6) is 0 Å². The molecule has 2 aromatic rings. The van der Waals surface area contributed by atoms with Gasteiger partial charge in [-0.2, -0.15) is 5.10 Å². The van der Waals surface area contributed by atoms with Crippen molar-refractivity contribution < 1.29 is 9.53 Å². The van der Waals surface area contributed by atoms with Gasteiger partial charge >= 0.3 is 0 Å². The highest BCUT2D eigenvalue weighted by atomic mass is 16.5. The Balaban J connectivity index is 1.84. The van der Waals surface area contributed by atoms with Gasteiger partial charge in [-0.1, -0.05) is 37.6 Å². The number of benzene rings is 1. The van der Waals surface area contributed by atoms with E-state index in [0.717, 1.165) is 38.0 Å². The van der Waals surface area contributed by atoms with Crippen LogP contribution in [0.15, 0.2) is 30.3 Å². The lowest BCUT2D eigenvalue weighted by molar-refractivity contribution is 0.0498. The fourth-order valence-corrected chi connectivity index (χ4v) is 3.51. The molecular formula is C21H29N3O2. The molecular weight excluding hydrogens is 326 g/mol. The van der Waals surface area contributed by atoms with Gasteiger partial charge in [0.2, 0.25) is 0 Å². The van der Waals surface area contributed by atoms with E-state index in [1.54, 1.807) is 4.68 Å². The Morgan fingerprint density at radius 2 is 2.19 bits per heavy atom.